The molecule has 0 amide bonds. The molecule has 0 atom stereocenters. The number of benzene rings is 1. The zero-order valence-electron chi connectivity index (χ0n) is 6.95. The molecule has 0 aliphatic rings. The second-order valence-corrected chi connectivity index (χ2v) is 4.51. The van der Waals surface area contributed by atoms with Gasteiger partial charge in [-0.1, -0.05) is 18.2 Å². The molecule has 0 radical (unpaired) electrons. The van der Waals surface area contributed by atoms with Crippen LogP contribution in [0.25, 0.3) is 10.1 Å². The highest BCUT2D eigenvalue weighted by Crippen LogP contribution is 2.36. The fourth-order valence-electron chi connectivity index (χ4n) is 1.28. The van der Waals surface area contributed by atoms with E-state index in [1.54, 1.807) is 6.07 Å². The average molecular weight is 266 g/mol. The molecule has 0 spiro atoms. The van der Waals surface area contributed by atoms with Gasteiger partial charge in [-0.05, 0) is 15.9 Å². The monoisotopic (exact) mass is 265 g/mol. The van der Waals surface area contributed by atoms with Crippen molar-refractivity contribution < 1.29 is 4.79 Å². The molecule has 2 rings (SSSR count). The standard InChI is InChI=1S/C10H4BrNOS/c11-9-7-3-1-2-6(5-13)10(7)14-8(9)4-12/h1-3,5H. The van der Waals surface area contributed by atoms with Crippen molar-refractivity contribution in [3.8, 4) is 6.07 Å². The van der Waals surface area contributed by atoms with Crippen LogP contribution in [0.2, 0.25) is 0 Å². The van der Waals surface area contributed by atoms with Crippen LogP contribution in [0.15, 0.2) is 22.7 Å². The van der Waals surface area contributed by atoms with Gasteiger partial charge in [0.25, 0.3) is 0 Å². The van der Waals surface area contributed by atoms with E-state index in [2.05, 4.69) is 22.0 Å². The van der Waals surface area contributed by atoms with Gasteiger partial charge in [-0.3, -0.25) is 4.79 Å². The van der Waals surface area contributed by atoms with Crippen molar-refractivity contribution in [2.75, 3.05) is 0 Å². The summed E-state index contributed by atoms with van der Waals surface area (Å²) in [5, 5.41) is 9.75. The van der Waals surface area contributed by atoms with E-state index in [1.807, 2.05) is 12.1 Å². The molecule has 0 aliphatic heterocycles. The summed E-state index contributed by atoms with van der Waals surface area (Å²) >= 11 is 4.68. The Morgan fingerprint density at radius 2 is 2.29 bits per heavy atom. The highest BCUT2D eigenvalue weighted by molar-refractivity contribution is 9.10. The average Bonchev–Trinajstić information content (AvgIpc) is 2.55. The molecule has 4 heteroatoms. The molecule has 0 aliphatic carbocycles. The van der Waals surface area contributed by atoms with Crippen LogP contribution in [-0.4, -0.2) is 6.29 Å². The number of nitrogens with zero attached hydrogens (tertiary/aromatic N) is 1. The molecule has 0 saturated carbocycles. The van der Waals surface area contributed by atoms with E-state index in [-0.39, 0.29) is 0 Å². The first-order valence-corrected chi connectivity index (χ1v) is 5.45. The Labute approximate surface area is 92.9 Å². The first-order valence-electron chi connectivity index (χ1n) is 3.84. The van der Waals surface area contributed by atoms with Crippen molar-refractivity contribution >= 4 is 43.6 Å². The third-order valence-corrected chi connectivity index (χ3v) is 4.16. The number of carbonyl (C=O) groups excluding carboxylic acids is 1. The van der Waals surface area contributed by atoms with E-state index in [0.29, 0.717) is 10.4 Å². The van der Waals surface area contributed by atoms with Crippen LogP contribution in [0, 0.1) is 11.3 Å². The van der Waals surface area contributed by atoms with Gasteiger partial charge in [0, 0.05) is 15.6 Å². The van der Waals surface area contributed by atoms with Crippen LogP contribution in [0.3, 0.4) is 0 Å². The minimum absolute atomic E-state index is 0.606. The Balaban J connectivity index is 2.92. The summed E-state index contributed by atoms with van der Waals surface area (Å²) in [6, 6.07) is 7.54. The second-order valence-electron chi connectivity index (χ2n) is 2.70. The Morgan fingerprint density at radius 3 is 2.93 bits per heavy atom. The lowest BCUT2D eigenvalue weighted by Gasteiger charge is -1.92. The summed E-state index contributed by atoms with van der Waals surface area (Å²) in [5.74, 6) is 0. The Morgan fingerprint density at radius 1 is 1.50 bits per heavy atom. The van der Waals surface area contributed by atoms with E-state index < -0.39 is 0 Å². The summed E-state index contributed by atoms with van der Waals surface area (Å²) in [4.78, 5) is 11.3. The summed E-state index contributed by atoms with van der Waals surface area (Å²) in [5.41, 5.74) is 0.634. The molecule has 1 aromatic carbocycles. The molecule has 14 heavy (non-hydrogen) atoms. The van der Waals surface area contributed by atoms with Crippen LogP contribution in [-0.2, 0) is 0 Å². The lowest BCUT2D eigenvalue weighted by Crippen LogP contribution is -1.77. The van der Waals surface area contributed by atoms with Crippen molar-refractivity contribution in [3.63, 3.8) is 0 Å². The predicted molar refractivity (Wildman–Crippen MR) is 59.6 cm³/mol. The Bertz CT molecular complexity index is 553. The van der Waals surface area contributed by atoms with E-state index in [9.17, 15) is 4.79 Å². The Kier molecular flexibility index (Phi) is 2.36. The maximum atomic E-state index is 10.7. The van der Waals surface area contributed by atoms with E-state index in [0.717, 1.165) is 20.8 Å². The SMILES string of the molecule is N#Cc1sc2c(C=O)cccc2c1Br. The van der Waals surface area contributed by atoms with Crippen LogP contribution < -0.4 is 0 Å². The molecule has 1 heterocycles. The zero-order valence-corrected chi connectivity index (χ0v) is 9.35. The molecule has 0 unspecified atom stereocenters. The van der Waals surface area contributed by atoms with E-state index in [4.69, 9.17) is 5.26 Å². The number of fused-ring (bicyclic) bond motifs is 1. The van der Waals surface area contributed by atoms with Crippen molar-refractivity contribution in [2.24, 2.45) is 0 Å². The zero-order chi connectivity index (χ0) is 10.1. The molecule has 1 aromatic heterocycles. The molecular weight excluding hydrogens is 262 g/mol. The van der Waals surface area contributed by atoms with Gasteiger partial charge in [-0.15, -0.1) is 11.3 Å². The van der Waals surface area contributed by atoms with Gasteiger partial charge < -0.3 is 0 Å². The number of hydrogen-bond acceptors (Lipinski definition) is 3. The number of aldehydes is 1. The lowest BCUT2D eigenvalue weighted by atomic mass is 10.2. The first-order chi connectivity index (χ1) is 6.77. The summed E-state index contributed by atoms with van der Waals surface area (Å²) in [6.45, 7) is 0. The van der Waals surface area contributed by atoms with Gasteiger partial charge in [0.2, 0.25) is 0 Å². The number of rotatable bonds is 1. The largest absolute Gasteiger partial charge is 0.298 e. The lowest BCUT2D eigenvalue weighted by molar-refractivity contribution is 0.112. The fraction of sp³-hybridized carbons (Fsp3) is 0. The maximum absolute atomic E-state index is 10.7. The van der Waals surface area contributed by atoms with Gasteiger partial charge >= 0.3 is 0 Å². The first kappa shape index (κ1) is 9.38. The third-order valence-electron chi connectivity index (χ3n) is 1.91. The summed E-state index contributed by atoms with van der Waals surface area (Å²) < 4.78 is 1.65. The van der Waals surface area contributed by atoms with Gasteiger partial charge in [0.15, 0.2) is 6.29 Å². The number of halogens is 1. The van der Waals surface area contributed by atoms with E-state index in [1.165, 1.54) is 11.3 Å². The number of carbonyl (C=O) groups is 1. The number of thiophene rings is 1. The van der Waals surface area contributed by atoms with Gasteiger partial charge in [-0.25, -0.2) is 0 Å². The van der Waals surface area contributed by atoms with Crippen molar-refractivity contribution in [1.29, 1.82) is 5.26 Å². The smallest absolute Gasteiger partial charge is 0.151 e. The normalized spacial score (nSPS) is 10.0. The minimum atomic E-state index is 0.606. The van der Waals surface area contributed by atoms with Crippen LogP contribution in [0.5, 0.6) is 0 Å². The van der Waals surface area contributed by atoms with Crippen molar-refractivity contribution in [2.45, 2.75) is 0 Å². The summed E-state index contributed by atoms with van der Waals surface area (Å²) in [7, 11) is 0. The highest BCUT2D eigenvalue weighted by Gasteiger charge is 2.11. The quantitative estimate of drug-likeness (QED) is 0.742. The van der Waals surface area contributed by atoms with Crippen LogP contribution in [0.1, 0.15) is 15.2 Å². The minimum Gasteiger partial charge on any atom is -0.298 e. The maximum Gasteiger partial charge on any atom is 0.151 e. The molecule has 0 bridgehead atoms. The van der Waals surface area contributed by atoms with E-state index >= 15 is 0 Å². The molecule has 0 saturated heterocycles. The molecular formula is C10H4BrNOS. The second kappa shape index (κ2) is 3.52. The fourth-order valence-corrected chi connectivity index (χ4v) is 3.03. The van der Waals surface area contributed by atoms with Crippen LogP contribution >= 0.6 is 27.3 Å². The molecule has 2 aromatic rings. The highest BCUT2D eigenvalue weighted by atomic mass is 79.9. The number of hydrogen-bond donors (Lipinski definition) is 0. The number of nitriles is 1. The molecule has 0 fully saturated rings. The Hall–Kier alpha value is -1.18. The molecule has 68 valence electrons. The van der Waals surface area contributed by atoms with Crippen molar-refractivity contribution in [1.82, 2.24) is 0 Å². The summed E-state index contributed by atoms with van der Waals surface area (Å²) in [6.07, 6.45) is 0.812. The topological polar surface area (TPSA) is 40.9 Å². The van der Waals surface area contributed by atoms with Gasteiger partial charge in [0.05, 0.1) is 4.47 Å². The third kappa shape index (κ3) is 1.26. The van der Waals surface area contributed by atoms with Crippen molar-refractivity contribution in [3.05, 3.63) is 33.1 Å². The predicted octanol–water partition coefficient (Wildman–Crippen LogP) is 3.35. The van der Waals surface area contributed by atoms with Gasteiger partial charge in [0.1, 0.15) is 10.9 Å². The molecule has 0 N–H and O–H groups in total. The van der Waals surface area contributed by atoms with Gasteiger partial charge in [-0.2, -0.15) is 5.26 Å². The van der Waals surface area contributed by atoms with Crippen LogP contribution in [0.4, 0.5) is 0 Å². The molecule has 2 nitrogen and oxygen atoms in total.